The third-order valence-corrected chi connectivity index (χ3v) is 5.11. The number of H-pyrrole nitrogens is 1. The van der Waals surface area contributed by atoms with Crippen molar-refractivity contribution >= 4 is 49.9 Å². The topological polar surface area (TPSA) is 99.8 Å². The maximum Gasteiger partial charge on any atom is 0.279 e. The van der Waals surface area contributed by atoms with Crippen LogP contribution < -0.4 is 10.6 Å². The number of nitrogens with zero attached hydrogens (tertiary/aromatic N) is 2. The predicted molar refractivity (Wildman–Crippen MR) is 101 cm³/mol. The number of amides is 2. The molecule has 2 amide bonds. The molecule has 0 atom stereocenters. The van der Waals surface area contributed by atoms with E-state index in [-0.39, 0.29) is 17.2 Å². The predicted octanol–water partition coefficient (Wildman–Crippen LogP) is 3.95. The van der Waals surface area contributed by atoms with Crippen LogP contribution in [0, 0.1) is 12.7 Å². The number of nitrogens with one attached hydrogen (secondary N) is 3. The molecule has 3 aromatic rings. The highest BCUT2D eigenvalue weighted by Crippen LogP contribution is 2.29. The summed E-state index contributed by atoms with van der Waals surface area (Å²) in [5.74, 6) is -1.23. The monoisotopic (exact) mass is 437 g/mol. The van der Waals surface area contributed by atoms with Gasteiger partial charge in [0.05, 0.1) is 10.2 Å². The van der Waals surface area contributed by atoms with E-state index < -0.39 is 11.7 Å². The Morgan fingerprint density at radius 2 is 2.08 bits per heavy atom. The molecule has 0 spiro atoms. The Kier molecular flexibility index (Phi) is 5.14. The number of anilines is 2. The fourth-order valence-corrected chi connectivity index (χ4v) is 3.24. The van der Waals surface area contributed by atoms with Crippen LogP contribution in [0.2, 0.25) is 0 Å². The Balaban J connectivity index is 1.78. The zero-order valence-corrected chi connectivity index (χ0v) is 16.1. The second kappa shape index (κ2) is 7.34. The number of hydrogen-bond donors (Lipinski definition) is 3. The van der Waals surface area contributed by atoms with Crippen LogP contribution in [0.4, 0.5) is 15.2 Å². The quantitative estimate of drug-likeness (QED) is 0.574. The molecule has 1 aromatic carbocycles. The standard InChI is InChI=1S/C16H13BrFN5O2S/c1-7-13(17)14(23-22-7)15(25)21-16-20-12(6-26-16)10-4-3-9(5-11(10)18)19-8(2)24/h3-6H,1-2H3,(H,19,24)(H,22,23)(H,20,21,25). The normalized spacial score (nSPS) is 10.6. The van der Waals surface area contributed by atoms with E-state index in [1.54, 1.807) is 18.4 Å². The molecule has 0 fully saturated rings. The zero-order valence-electron chi connectivity index (χ0n) is 13.7. The van der Waals surface area contributed by atoms with Crippen molar-refractivity contribution in [1.82, 2.24) is 15.2 Å². The molecular weight excluding hydrogens is 425 g/mol. The minimum Gasteiger partial charge on any atom is -0.326 e. The van der Waals surface area contributed by atoms with E-state index in [2.05, 4.69) is 41.7 Å². The van der Waals surface area contributed by atoms with Gasteiger partial charge in [0.2, 0.25) is 5.91 Å². The van der Waals surface area contributed by atoms with E-state index in [1.165, 1.54) is 30.4 Å². The molecule has 0 aliphatic carbocycles. The van der Waals surface area contributed by atoms with Gasteiger partial charge in [0.1, 0.15) is 5.82 Å². The minimum absolute atomic E-state index is 0.213. The summed E-state index contributed by atoms with van der Waals surface area (Å²) in [4.78, 5) is 27.5. The van der Waals surface area contributed by atoms with Crippen LogP contribution in [0.25, 0.3) is 11.3 Å². The van der Waals surface area contributed by atoms with Gasteiger partial charge in [-0.3, -0.25) is 20.0 Å². The molecule has 7 nitrogen and oxygen atoms in total. The Labute approximate surface area is 160 Å². The first-order valence-electron chi connectivity index (χ1n) is 7.40. The summed E-state index contributed by atoms with van der Waals surface area (Å²) in [5, 5.41) is 13.7. The lowest BCUT2D eigenvalue weighted by Gasteiger charge is -2.05. The van der Waals surface area contributed by atoms with Crippen molar-refractivity contribution in [2.45, 2.75) is 13.8 Å². The first kappa shape index (κ1) is 18.2. The molecule has 3 rings (SSSR count). The van der Waals surface area contributed by atoms with Gasteiger partial charge in [-0.15, -0.1) is 11.3 Å². The second-order valence-electron chi connectivity index (χ2n) is 5.38. The van der Waals surface area contributed by atoms with E-state index in [1.807, 2.05) is 0 Å². The Morgan fingerprint density at radius 1 is 1.31 bits per heavy atom. The number of thiazole rings is 1. The third-order valence-electron chi connectivity index (χ3n) is 3.38. The van der Waals surface area contributed by atoms with E-state index in [4.69, 9.17) is 0 Å². The fourth-order valence-electron chi connectivity index (χ4n) is 2.18. The molecule has 0 bridgehead atoms. The summed E-state index contributed by atoms with van der Waals surface area (Å²) in [5.41, 5.74) is 1.96. The van der Waals surface area contributed by atoms with Crippen molar-refractivity contribution < 1.29 is 14.0 Å². The SMILES string of the molecule is CC(=O)Nc1ccc(-c2csc(NC(=O)c3n[nH]c(C)c3Br)n2)c(F)c1. The van der Waals surface area contributed by atoms with Crippen LogP contribution in [-0.4, -0.2) is 27.0 Å². The molecule has 0 radical (unpaired) electrons. The van der Waals surface area contributed by atoms with Crippen molar-refractivity contribution in [3.63, 3.8) is 0 Å². The lowest BCUT2D eigenvalue weighted by molar-refractivity contribution is -0.114. The molecule has 0 aliphatic rings. The molecule has 134 valence electrons. The van der Waals surface area contributed by atoms with Crippen LogP contribution in [-0.2, 0) is 4.79 Å². The van der Waals surface area contributed by atoms with Crippen LogP contribution in [0.3, 0.4) is 0 Å². The maximum atomic E-state index is 14.3. The van der Waals surface area contributed by atoms with E-state index >= 15 is 0 Å². The van der Waals surface area contributed by atoms with E-state index in [9.17, 15) is 14.0 Å². The zero-order chi connectivity index (χ0) is 18.8. The van der Waals surface area contributed by atoms with Gasteiger partial charge in [0, 0.05) is 29.2 Å². The summed E-state index contributed by atoms with van der Waals surface area (Å²) in [6, 6.07) is 4.33. The van der Waals surface area contributed by atoms with Gasteiger partial charge in [-0.05, 0) is 41.1 Å². The van der Waals surface area contributed by atoms with Crippen molar-refractivity contribution in [1.29, 1.82) is 0 Å². The van der Waals surface area contributed by atoms with Crippen LogP contribution in [0.15, 0.2) is 28.1 Å². The summed E-state index contributed by atoms with van der Waals surface area (Å²) < 4.78 is 14.9. The van der Waals surface area contributed by atoms with Gasteiger partial charge in [0.25, 0.3) is 5.91 Å². The Bertz CT molecular complexity index is 1000. The van der Waals surface area contributed by atoms with Crippen LogP contribution in [0.1, 0.15) is 23.1 Å². The highest BCUT2D eigenvalue weighted by atomic mass is 79.9. The maximum absolute atomic E-state index is 14.3. The van der Waals surface area contributed by atoms with Gasteiger partial charge in [-0.1, -0.05) is 0 Å². The van der Waals surface area contributed by atoms with E-state index in [0.29, 0.717) is 21.0 Å². The molecule has 2 aromatic heterocycles. The molecule has 10 heteroatoms. The van der Waals surface area contributed by atoms with Gasteiger partial charge in [-0.2, -0.15) is 5.10 Å². The van der Waals surface area contributed by atoms with Gasteiger partial charge in [0.15, 0.2) is 10.8 Å². The van der Waals surface area contributed by atoms with Crippen LogP contribution in [0.5, 0.6) is 0 Å². The molecule has 0 saturated heterocycles. The number of hydrogen-bond acceptors (Lipinski definition) is 5. The molecule has 26 heavy (non-hydrogen) atoms. The molecule has 2 heterocycles. The second-order valence-corrected chi connectivity index (χ2v) is 7.03. The summed E-state index contributed by atoms with van der Waals surface area (Å²) >= 11 is 4.46. The van der Waals surface area contributed by atoms with Crippen LogP contribution >= 0.6 is 27.3 Å². The number of halogens is 2. The van der Waals surface area contributed by atoms with Gasteiger partial charge in [-0.25, -0.2) is 9.37 Å². The number of aromatic nitrogens is 3. The van der Waals surface area contributed by atoms with Crippen molar-refractivity contribution in [2.24, 2.45) is 0 Å². The number of carbonyl (C=O) groups is 2. The number of rotatable bonds is 4. The van der Waals surface area contributed by atoms with E-state index in [0.717, 1.165) is 5.69 Å². The number of benzene rings is 1. The first-order valence-corrected chi connectivity index (χ1v) is 9.07. The summed E-state index contributed by atoms with van der Waals surface area (Å²) in [7, 11) is 0. The lowest BCUT2D eigenvalue weighted by atomic mass is 10.1. The molecule has 3 N–H and O–H groups in total. The third kappa shape index (κ3) is 3.81. The largest absolute Gasteiger partial charge is 0.326 e. The number of aromatic amines is 1. The highest BCUT2D eigenvalue weighted by molar-refractivity contribution is 9.10. The number of carbonyl (C=O) groups excluding carboxylic acids is 2. The summed E-state index contributed by atoms with van der Waals surface area (Å²) in [6.45, 7) is 3.13. The minimum atomic E-state index is -0.523. The average Bonchev–Trinajstić information content (AvgIpc) is 3.14. The molecular formula is C16H13BrFN5O2S. The van der Waals surface area contributed by atoms with Crippen molar-refractivity contribution in [3.8, 4) is 11.3 Å². The average molecular weight is 438 g/mol. The highest BCUT2D eigenvalue weighted by Gasteiger charge is 2.18. The smallest absolute Gasteiger partial charge is 0.279 e. The summed E-state index contributed by atoms with van der Waals surface area (Å²) in [6.07, 6.45) is 0. The first-order chi connectivity index (χ1) is 12.3. The molecule has 0 unspecified atom stereocenters. The lowest BCUT2D eigenvalue weighted by Crippen LogP contribution is -2.12. The molecule has 0 saturated carbocycles. The van der Waals surface area contributed by atoms with Gasteiger partial charge < -0.3 is 5.32 Å². The number of aryl methyl sites for hydroxylation is 1. The van der Waals surface area contributed by atoms with Crippen molar-refractivity contribution in [3.05, 3.63) is 45.3 Å². The Hall–Kier alpha value is -2.59. The van der Waals surface area contributed by atoms with Gasteiger partial charge >= 0.3 is 0 Å². The molecule has 0 aliphatic heterocycles. The van der Waals surface area contributed by atoms with Crippen molar-refractivity contribution in [2.75, 3.05) is 10.6 Å². The fraction of sp³-hybridized carbons (Fsp3) is 0.125. The Morgan fingerprint density at radius 3 is 2.69 bits per heavy atom.